The molecule has 0 fully saturated rings. The number of aliphatic hydroxyl groups is 2. The first-order valence-electron chi connectivity index (χ1n) is 6.92. The van der Waals surface area contributed by atoms with Gasteiger partial charge in [-0.2, -0.15) is 0 Å². The molecule has 0 saturated carbocycles. The maximum atomic E-state index is 9.93. The largest absolute Gasteiger partial charge is 0.394 e. The van der Waals surface area contributed by atoms with Crippen molar-refractivity contribution in [3.8, 4) is 0 Å². The lowest BCUT2D eigenvalue weighted by atomic mass is 10.2. The molecule has 21 heavy (non-hydrogen) atoms. The van der Waals surface area contributed by atoms with Crippen molar-refractivity contribution in [2.75, 3.05) is 13.2 Å². The van der Waals surface area contributed by atoms with Crippen molar-refractivity contribution in [1.29, 1.82) is 0 Å². The maximum absolute atomic E-state index is 9.93. The second-order valence-corrected chi connectivity index (χ2v) is 6.03. The Kier molecular flexibility index (Phi) is 6.76. The predicted octanol–water partition coefficient (Wildman–Crippen LogP) is 2.72. The molecule has 0 radical (unpaired) electrons. The average Bonchev–Trinajstić information content (AvgIpc) is 2.55. The van der Waals surface area contributed by atoms with Crippen molar-refractivity contribution in [3.05, 3.63) is 66.2 Å². The number of ether oxygens (including phenoxy) is 1. The average molecular weight is 304 g/mol. The second-order valence-electron chi connectivity index (χ2n) is 4.72. The van der Waals surface area contributed by atoms with Gasteiger partial charge >= 0.3 is 0 Å². The van der Waals surface area contributed by atoms with E-state index in [1.807, 2.05) is 60.7 Å². The van der Waals surface area contributed by atoms with Crippen LogP contribution in [-0.2, 0) is 11.3 Å². The first-order valence-corrected chi connectivity index (χ1v) is 7.80. The van der Waals surface area contributed by atoms with E-state index in [1.54, 1.807) is 0 Å². The lowest BCUT2D eigenvalue weighted by Gasteiger charge is -2.21. The highest BCUT2D eigenvalue weighted by atomic mass is 32.2. The minimum atomic E-state index is -0.800. The Bertz CT molecular complexity index is 504. The summed E-state index contributed by atoms with van der Waals surface area (Å²) in [6.07, 6.45) is -0.800. The standard InChI is InChI=1S/C17H20O3S/c18-11-16(19)17(21-15-9-5-2-6-10-15)13-20-12-14-7-3-1-4-8-14/h1-10,16-19H,11-13H2/t16-,17-/m1/s1. The minimum absolute atomic E-state index is 0.193. The van der Waals surface area contributed by atoms with Gasteiger partial charge in [-0.3, -0.25) is 0 Å². The monoisotopic (exact) mass is 304 g/mol. The van der Waals surface area contributed by atoms with Gasteiger partial charge in [-0.25, -0.2) is 0 Å². The first kappa shape index (κ1) is 16.0. The molecule has 0 bridgehead atoms. The zero-order valence-electron chi connectivity index (χ0n) is 11.8. The maximum Gasteiger partial charge on any atom is 0.0915 e. The molecule has 0 amide bonds. The molecule has 0 aliphatic rings. The van der Waals surface area contributed by atoms with Gasteiger partial charge in [0.1, 0.15) is 0 Å². The number of hydrogen-bond acceptors (Lipinski definition) is 4. The fourth-order valence-corrected chi connectivity index (χ4v) is 2.95. The second kappa shape index (κ2) is 8.85. The van der Waals surface area contributed by atoms with Gasteiger partial charge in [0.25, 0.3) is 0 Å². The number of aliphatic hydroxyl groups excluding tert-OH is 2. The Balaban J connectivity index is 1.88. The lowest BCUT2D eigenvalue weighted by Crippen LogP contribution is -2.30. The van der Waals surface area contributed by atoms with E-state index in [0.29, 0.717) is 13.2 Å². The Labute approximate surface area is 129 Å². The fourth-order valence-electron chi connectivity index (χ4n) is 1.88. The molecule has 2 N–H and O–H groups in total. The summed E-state index contributed by atoms with van der Waals surface area (Å²) in [6.45, 7) is 0.625. The molecule has 4 heteroatoms. The van der Waals surface area contributed by atoms with Crippen LogP contribution in [0.1, 0.15) is 5.56 Å². The van der Waals surface area contributed by atoms with Crippen molar-refractivity contribution in [2.45, 2.75) is 22.9 Å². The quantitative estimate of drug-likeness (QED) is 0.736. The van der Waals surface area contributed by atoms with E-state index >= 15 is 0 Å². The van der Waals surface area contributed by atoms with Gasteiger partial charge in [-0.15, -0.1) is 11.8 Å². The van der Waals surface area contributed by atoms with Crippen LogP contribution in [0, 0.1) is 0 Å². The fraction of sp³-hybridized carbons (Fsp3) is 0.294. The van der Waals surface area contributed by atoms with Crippen LogP contribution >= 0.6 is 11.8 Å². The molecular weight excluding hydrogens is 284 g/mol. The summed E-state index contributed by atoms with van der Waals surface area (Å²) in [5.41, 5.74) is 1.10. The molecule has 0 aromatic heterocycles. The van der Waals surface area contributed by atoms with Crippen molar-refractivity contribution in [2.24, 2.45) is 0 Å². The summed E-state index contributed by atoms with van der Waals surface area (Å²) in [6, 6.07) is 19.7. The topological polar surface area (TPSA) is 49.7 Å². The van der Waals surface area contributed by atoms with Gasteiger partial charge in [0.05, 0.1) is 31.2 Å². The Morgan fingerprint density at radius 2 is 1.57 bits per heavy atom. The van der Waals surface area contributed by atoms with Gasteiger partial charge in [-0.1, -0.05) is 48.5 Å². The van der Waals surface area contributed by atoms with E-state index < -0.39 is 6.10 Å². The van der Waals surface area contributed by atoms with Gasteiger partial charge < -0.3 is 14.9 Å². The van der Waals surface area contributed by atoms with Crippen LogP contribution < -0.4 is 0 Å². The molecule has 2 atom stereocenters. The molecule has 0 spiro atoms. The summed E-state index contributed by atoms with van der Waals surface area (Å²) in [5.74, 6) is 0. The summed E-state index contributed by atoms with van der Waals surface area (Å²) in [5, 5.41) is 18.9. The van der Waals surface area contributed by atoms with Crippen LogP contribution in [0.15, 0.2) is 65.6 Å². The van der Waals surface area contributed by atoms with Gasteiger partial charge in [0, 0.05) is 4.90 Å². The van der Waals surface area contributed by atoms with Crippen molar-refractivity contribution < 1.29 is 14.9 Å². The number of hydrogen-bond donors (Lipinski definition) is 2. The van der Waals surface area contributed by atoms with Crippen molar-refractivity contribution >= 4 is 11.8 Å². The number of rotatable bonds is 8. The van der Waals surface area contributed by atoms with Crippen LogP contribution in [0.5, 0.6) is 0 Å². The molecule has 0 heterocycles. The zero-order chi connectivity index (χ0) is 14.9. The third-order valence-electron chi connectivity index (χ3n) is 3.04. The first-order chi connectivity index (χ1) is 10.3. The summed E-state index contributed by atoms with van der Waals surface area (Å²) < 4.78 is 5.69. The molecule has 0 aliphatic heterocycles. The third kappa shape index (κ3) is 5.52. The summed E-state index contributed by atoms with van der Waals surface area (Å²) in [7, 11) is 0. The van der Waals surface area contributed by atoms with Crippen molar-refractivity contribution in [1.82, 2.24) is 0 Å². The van der Waals surface area contributed by atoms with Crippen LogP contribution in [0.3, 0.4) is 0 Å². The molecule has 2 rings (SSSR count). The van der Waals surface area contributed by atoms with Crippen LogP contribution in [0.25, 0.3) is 0 Å². The van der Waals surface area contributed by atoms with E-state index in [1.165, 1.54) is 11.8 Å². The lowest BCUT2D eigenvalue weighted by molar-refractivity contribution is 0.0494. The highest BCUT2D eigenvalue weighted by Crippen LogP contribution is 2.25. The SMILES string of the molecule is OC[C@@H](O)[C@@H](COCc1ccccc1)Sc1ccccc1. The number of benzene rings is 2. The summed E-state index contributed by atoms with van der Waals surface area (Å²) >= 11 is 1.52. The zero-order valence-corrected chi connectivity index (χ0v) is 12.6. The van der Waals surface area contributed by atoms with E-state index in [-0.39, 0.29) is 11.9 Å². The molecule has 2 aromatic rings. The van der Waals surface area contributed by atoms with Gasteiger partial charge in [0.15, 0.2) is 0 Å². The Morgan fingerprint density at radius 3 is 2.19 bits per heavy atom. The summed E-state index contributed by atoms with van der Waals surface area (Å²) in [4.78, 5) is 1.05. The third-order valence-corrected chi connectivity index (χ3v) is 4.34. The predicted molar refractivity (Wildman–Crippen MR) is 85.3 cm³/mol. The highest BCUT2D eigenvalue weighted by molar-refractivity contribution is 8.00. The van der Waals surface area contributed by atoms with Crippen LogP contribution in [0.2, 0.25) is 0 Å². The Hall–Kier alpha value is -1.33. The minimum Gasteiger partial charge on any atom is -0.394 e. The van der Waals surface area contributed by atoms with E-state index in [0.717, 1.165) is 10.5 Å². The Morgan fingerprint density at radius 1 is 0.952 bits per heavy atom. The van der Waals surface area contributed by atoms with E-state index in [9.17, 15) is 10.2 Å². The smallest absolute Gasteiger partial charge is 0.0915 e. The molecule has 0 unspecified atom stereocenters. The van der Waals surface area contributed by atoms with E-state index in [4.69, 9.17) is 4.74 Å². The highest BCUT2D eigenvalue weighted by Gasteiger charge is 2.20. The van der Waals surface area contributed by atoms with Crippen LogP contribution in [-0.4, -0.2) is 34.8 Å². The molecule has 0 aliphatic carbocycles. The molecule has 3 nitrogen and oxygen atoms in total. The van der Waals surface area contributed by atoms with Crippen molar-refractivity contribution in [3.63, 3.8) is 0 Å². The van der Waals surface area contributed by atoms with Gasteiger partial charge in [-0.05, 0) is 17.7 Å². The van der Waals surface area contributed by atoms with Crippen LogP contribution in [0.4, 0.5) is 0 Å². The number of thioether (sulfide) groups is 1. The van der Waals surface area contributed by atoms with Gasteiger partial charge in [0.2, 0.25) is 0 Å². The van der Waals surface area contributed by atoms with E-state index in [2.05, 4.69) is 0 Å². The molecule has 112 valence electrons. The molecule has 0 saturated heterocycles. The normalized spacial score (nSPS) is 13.8. The molecular formula is C17H20O3S. The molecule has 2 aromatic carbocycles.